The van der Waals surface area contributed by atoms with E-state index in [9.17, 15) is 0 Å². The van der Waals surface area contributed by atoms with E-state index < -0.39 is 0 Å². The molecular formula is C48H32N2S. The number of aromatic nitrogens is 2. The van der Waals surface area contributed by atoms with Crippen LogP contribution in [0, 0.1) is 0 Å². The van der Waals surface area contributed by atoms with Crippen LogP contribution in [0.15, 0.2) is 176 Å². The van der Waals surface area contributed by atoms with Gasteiger partial charge >= 0.3 is 0 Å². The molecule has 2 aromatic heterocycles. The zero-order valence-electron chi connectivity index (χ0n) is 28.0. The Morgan fingerprint density at radius 1 is 0.412 bits per heavy atom. The highest BCUT2D eigenvalue weighted by molar-refractivity contribution is 7.25. The lowest BCUT2D eigenvalue weighted by Gasteiger charge is -2.28. The van der Waals surface area contributed by atoms with E-state index in [0.717, 1.165) is 33.9 Å². The average molecular weight is 669 g/mol. The fourth-order valence-corrected chi connectivity index (χ4v) is 9.11. The summed E-state index contributed by atoms with van der Waals surface area (Å²) in [7, 11) is 0. The molecule has 51 heavy (non-hydrogen) atoms. The summed E-state index contributed by atoms with van der Waals surface area (Å²) in [4.78, 5) is 10.3. The molecule has 0 amide bonds. The van der Waals surface area contributed by atoms with Crippen molar-refractivity contribution < 1.29 is 0 Å². The summed E-state index contributed by atoms with van der Waals surface area (Å²) in [6.45, 7) is 2.36. The van der Waals surface area contributed by atoms with Crippen LogP contribution in [0.5, 0.6) is 0 Å². The highest BCUT2D eigenvalue weighted by atomic mass is 32.1. The van der Waals surface area contributed by atoms with E-state index in [2.05, 4.69) is 165 Å². The molecule has 3 heteroatoms. The third-order valence-electron chi connectivity index (χ3n) is 10.6. The van der Waals surface area contributed by atoms with Gasteiger partial charge in [0.25, 0.3) is 0 Å². The Bertz CT molecular complexity index is 2710. The number of rotatable bonds is 5. The van der Waals surface area contributed by atoms with Gasteiger partial charge in [0.05, 0.1) is 11.4 Å². The van der Waals surface area contributed by atoms with Crippen LogP contribution in [-0.4, -0.2) is 9.97 Å². The van der Waals surface area contributed by atoms with Gasteiger partial charge in [0.2, 0.25) is 0 Å². The molecule has 1 aliphatic carbocycles. The van der Waals surface area contributed by atoms with Crippen molar-refractivity contribution in [2.24, 2.45) is 0 Å². The Morgan fingerprint density at radius 3 is 1.75 bits per heavy atom. The van der Waals surface area contributed by atoms with Crippen molar-refractivity contribution in [1.29, 1.82) is 0 Å². The van der Waals surface area contributed by atoms with Crippen molar-refractivity contribution in [3.63, 3.8) is 0 Å². The lowest BCUT2D eigenvalue weighted by Crippen LogP contribution is -2.22. The van der Waals surface area contributed by atoms with E-state index in [-0.39, 0.29) is 5.41 Å². The lowest BCUT2D eigenvalue weighted by molar-refractivity contribution is 0.714. The van der Waals surface area contributed by atoms with Crippen LogP contribution in [0.1, 0.15) is 23.6 Å². The molecule has 9 aromatic rings. The fraction of sp³-hybridized carbons (Fsp3) is 0.0417. The second-order valence-electron chi connectivity index (χ2n) is 13.5. The Hall–Kier alpha value is -6.16. The van der Waals surface area contributed by atoms with Crippen molar-refractivity contribution in [3.05, 3.63) is 193 Å². The van der Waals surface area contributed by atoms with Gasteiger partial charge in [0.1, 0.15) is 0 Å². The number of benzene rings is 7. The van der Waals surface area contributed by atoms with Gasteiger partial charge in [-0.05, 0) is 70.1 Å². The number of nitrogens with zero attached hydrogens (tertiary/aromatic N) is 2. The normalized spacial score (nSPS) is 13.0. The Labute approximate surface area is 301 Å². The van der Waals surface area contributed by atoms with E-state index in [0.29, 0.717) is 0 Å². The van der Waals surface area contributed by atoms with Crippen LogP contribution in [0.25, 0.3) is 76.3 Å². The number of hydrogen-bond acceptors (Lipinski definition) is 3. The van der Waals surface area contributed by atoms with Crippen LogP contribution in [0.3, 0.4) is 0 Å². The Kier molecular flexibility index (Phi) is 6.83. The summed E-state index contributed by atoms with van der Waals surface area (Å²) in [5.41, 5.74) is 13.7. The SMILES string of the molecule is CC1(c2ccc(-c3cc(-c4cccc(-c5ccc6c(c5)sc5ccccc56)c4)nc(-c4ccccc4)n3)cc2)c2ccccc2-c2ccccc21. The molecule has 0 saturated carbocycles. The van der Waals surface area contributed by atoms with E-state index in [1.165, 1.54) is 59.1 Å². The zero-order chi connectivity index (χ0) is 33.9. The smallest absolute Gasteiger partial charge is 0.160 e. The van der Waals surface area contributed by atoms with Crippen LogP contribution >= 0.6 is 11.3 Å². The molecule has 0 radical (unpaired) electrons. The second kappa shape index (κ2) is 11.7. The number of hydrogen-bond donors (Lipinski definition) is 0. The summed E-state index contributed by atoms with van der Waals surface area (Å²) in [6, 6.07) is 63.3. The van der Waals surface area contributed by atoms with Crippen molar-refractivity contribution >= 4 is 31.5 Å². The predicted molar refractivity (Wildman–Crippen MR) is 214 cm³/mol. The van der Waals surface area contributed by atoms with E-state index >= 15 is 0 Å². The third kappa shape index (κ3) is 4.85. The van der Waals surface area contributed by atoms with Gasteiger partial charge in [0.15, 0.2) is 5.82 Å². The van der Waals surface area contributed by atoms with E-state index in [1.807, 2.05) is 29.5 Å². The standard InChI is InChI=1S/C48H32N2S/c1-48(41-19-8-5-16-37(41)38-17-6-9-20-42(38)48)36-25-22-31(23-26-36)43-30-44(50-47(49-43)32-12-3-2-4-13-32)35-15-11-14-33(28-35)34-24-27-40-39-18-7-10-21-45(39)51-46(40)29-34/h2-30H,1H3. The first-order valence-electron chi connectivity index (χ1n) is 17.4. The quantitative estimate of drug-likeness (QED) is 0.182. The monoisotopic (exact) mass is 668 g/mol. The molecule has 0 bridgehead atoms. The van der Waals surface area contributed by atoms with Crippen LogP contribution in [-0.2, 0) is 5.41 Å². The molecule has 0 fully saturated rings. The number of fused-ring (bicyclic) bond motifs is 6. The number of thiophene rings is 1. The second-order valence-corrected chi connectivity index (χ2v) is 14.6. The van der Waals surface area contributed by atoms with Crippen molar-refractivity contribution in [2.45, 2.75) is 12.3 Å². The molecule has 0 unspecified atom stereocenters. The summed E-state index contributed by atoms with van der Waals surface area (Å²) in [6.07, 6.45) is 0. The first kappa shape index (κ1) is 29.7. The maximum atomic E-state index is 5.15. The first-order valence-corrected chi connectivity index (χ1v) is 18.2. The molecule has 0 N–H and O–H groups in total. The molecule has 2 nitrogen and oxygen atoms in total. The van der Waals surface area contributed by atoms with Gasteiger partial charge in [-0.1, -0.05) is 152 Å². The Balaban J connectivity index is 1.06. The first-order chi connectivity index (χ1) is 25.1. The van der Waals surface area contributed by atoms with Gasteiger partial charge < -0.3 is 0 Å². The third-order valence-corrected chi connectivity index (χ3v) is 11.7. The zero-order valence-corrected chi connectivity index (χ0v) is 28.9. The van der Waals surface area contributed by atoms with Crippen LogP contribution < -0.4 is 0 Å². The highest BCUT2D eigenvalue weighted by Crippen LogP contribution is 2.52. The van der Waals surface area contributed by atoms with Gasteiger partial charge in [-0.3, -0.25) is 0 Å². The molecule has 240 valence electrons. The van der Waals surface area contributed by atoms with Gasteiger partial charge in [-0.25, -0.2) is 9.97 Å². The molecule has 0 saturated heterocycles. The van der Waals surface area contributed by atoms with Gasteiger partial charge in [-0.15, -0.1) is 11.3 Å². The van der Waals surface area contributed by atoms with Gasteiger partial charge in [0, 0.05) is 42.3 Å². The maximum Gasteiger partial charge on any atom is 0.160 e. The highest BCUT2D eigenvalue weighted by Gasteiger charge is 2.40. The molecule has 10 rings (SSSR count). The summed E-state index contributed by atoms with van der Waals surface area (Å²) >= 11 is 1.85. The average Bonchev–Trinajstić information content (AvgIpc) is 3.71. The van der Waals surface area contributed by atoms with E-state index in [4.69, 9.17) is 9.97 Å². The minimum Gasteiger partial charge on any atom is -0.228 e. The van der Waals surface area contributed by atoms with Crippen molar-refractivity contribution in [1.82, 2.24) is 9.97 Å². The van der Waals surface area contributed by atoms with Crippen molar-refractivity contribution in [3.8, 4) is 56.2 Å². The molecular weight excluding hydrogens is 637 g/mol. The minimum atomic E-state index is -0.239. The minimum absolute atomic E-state index is 0.239. The largest absolute Gasteiger partial charge is 0.228 e. The van der Waals surface area contributed by atoms with Gasteiger partial charge in [-0.2, -0.15) is 0 Å². The molecule has 0 aliphatic heterocycles. The fourth-order valence-electron chi connectivity index (χ4n) is 7.96. The van der Waals surface area contributed by atoms with Crippen LogP contribution in [0.4, 0.5) is 0 Å². The topological polar surface area (TPSA) is 25.8 Å². The summed E-state index contributed by atoms with van der Waals surface area (Å²) in [5.74, 6) is 0.717. The maximum absolute atomic E-state index is 5.15. The Morgan fingerprint density at radius 2 is 0.980 bits per heavy atom. The summed E-state index contributed by atoms with van der Waals surface area (Å²) < 4.78 is 2.62. The predicted octanol–water partition coefficient (Wildman–Crippen LogP) is 12.8. The van der Waals surface area contributed by atoms with Crippen LogP contribution in [0.2, 0.25) is 0 Å². The van der Waals surface area contributed by atoms with Crippen molar-refractivity contribution in [2.75, 3.05) is 0 Å². The molecule has 2 heterocycles. The molecule has 0 atom stereocenters. The lowest BCUT2D eigenvalue weighted by atomic mass is 9.74. The molecule has 7 aromatic carbocycles. The molecule has 1 aliphatic rings. The van der Waals surface area contributed by atoms with E-state index in [1.54, 1.807) is 0 Å². The molecule has 0 spiro atoms. The summed E-state index contributed by atoms with van der Waals surface area (Å²) in [5, 5.41) is 2.63.